The molecule has 1 unspecified atom stereocenters. The molecule has 0 amide bonds. The van der Waals surface area contributed by atoms with Gasteiger partial charge in [-0.15, -0.1) is 0 Å². The first-order chi connectivity index (χ1) is 9.11. The van der Waals surface area contributed by atoms with Gasteiger partial charge < -0.3 is 10.5 Å². The van der Waals surface area contributed by atoms with Gasteiger partial charge in [0.25, 0.3) is 0 Å². The minimum Gasteiger partial charge on any atom is -0.399 e. The van der Waals surface area contributed by atoms with Crippen LogP contribution < -0.4 is 10.5 Å². The van der Waals surface area contributed by atoms with E-state index >= 15 is 0 Å². The molecule has 0 radical (unpaired) electrons. The molecule has 19 heavy (non-hydrogen) atoms. The van der Waals surface area contributed by atoms with Gasteiger partial charge in [-0.2, -0.15) is 0 Å². The highest BCUT2D eigenvalue weighted by molar-refractivity contribution is 7.86. The molecule has 4 heteroatoms. The second-order valence-corrected chi connectivity index (χ2v) is 5.62. The zero-order valence-electron chi connectivity index (χ0n) is 11.1. The van der Waals surface area contributed by atoms with Gasteiger partial charge in [-0.1, -0.05) is 25.1 Å². The Morgan fingerprint density at radius 1 is 1.16 bits per heavy atom. The Kier molecular flexibility index (Phi) is 4.22. The molecule has 100 valence electrons. The smallest absolute Gasteiger partial charge is 0.150 e. The summed E-state index contributed by atoms with van der Waals surface area (Å²) < 4.78 is 15.4. The molecule has 0 saturated heterocycles. The number of hydrogen-bond acceptors (Lipinski definition) is 2. The summed E-state index contributed by atoms with van der Waals surface area (Å²) in [5.74, 6) is 0. The van der Waals surface area contributed by atoms with Crippen molar-refractivity contribution in [2.75, 3.05) is 10.5 Å². The van der Waals surface area contributed by atoms with Crippen molar-refractivity contribution in [3.63, 3.8) is 0 Å². The summed E-state index contributed by atoms with van der Waals surface area (Å²) in [4.78, 5) is 0.722. The van der Waals surface area contributed by atoms with Crippen molar-refractivity contribution in [2.45, 2.75) is 25.2 Å². The van der Waals surface area contributed by atoms with E-state index in [2.05, 4.69) is 17.7 Å². The van der Waals surface area contributed by atoms with E-state index in [1.54, 1.807) is 24.3 Å². The number of nitrogens with one attached hydrogen (secondary N) is 1. The number of nitrogen functional groups attached to an aromatic ring is 1. The summed E-state index contributed by atoms with van der Waals surface area (Å²) in [6.07, 6.45) is 0.906. The monoisotopic (exact) mass is 274 g/mol. The van der Waals surface area contributed by atoms with E-state index in [0.29, 0.717) is 5.69 Å². The minimum absolute atomic E-state index is 0.672. The van der Waals surface area contributed by atoms with E-state index in [1.807, 2.05) is 19.1 Å². The molecular weight excluding hydrogens is 256 g/mol. The molecule has 0 aromatic heterocycles. The third-order valence-corrected chi connectivity index (χ3v) is 4.12. The van der Waals surface area contributed by atoms with E-state index < -0.39 is 11.0 Å². The van der Waals surface area contributed by atoms with Crippen LogP contribution in [0.4, 0.5) is 11.4 Å². The van der Waals surface area contributed by atoms with Crippen LogP contribution in [0.1, 0.15) is 18.1 Å². The first-order valence-electron chi connectivity index (χ1n) is 6.24. The van der Waals surface area contributed by atoms with Crippen molar-refractivity contribution in [1.82, 2.24) is 0 Å². The molecule has 3 N–H and O–H groups in total. The van der Waals surface area contributed by atoms with Crippen LogP contribution in [0.2, 0.25) is 0 Å². The summed E-state index contributed by atoms with van der Waals surface area (Å²) in [6.45, 7) is 4.10. The van der Waals surface area contributed by atoms with Crippen molar-refractivity contribution >= 4 is 22.4 Å². The van der Waals surface area contributed by atoms with E-state index in [-0.39, 0.29) is 0 Å². The molecule has 0 spiro atoms. The number of aryl methyl sites for hydroxylation is 2. The van der Waals surface area contributed by atoms with Gasteiger partial charge in [0, 0.05) is 5.69 Å². The van der Waals surface area contributed by atoms with Crippen LogP contribution in [-0.2, 0) is 17.4 Å². The molecule has 1 atom stereocenters. The Morgan fingerprint density at radius 3 is 2.47 bits per heavy atom. The Balaban J connectivity index is 2.26. The topological polar surface area (TPSA) is 55.1 Å². The summed E-state index contributed by atoms with van der Waals surface area (Å²) in [6, 6.07) is 13.2. The lowest BCUT2D eigenvalue weighted by Gasteiger charge is -2.13. The molecular formula is C15H18N2OS. The van der Waals surface area contributed by atoms with Gasteiger partial charge in [0.2, 0.25) is 0 Å². The summed E-state index contributed by atoms with van der Waals surface area (Å²) in [5.41, 5.74) is 9.53. The normalized spacial score (nSPS) is 12.1. The van der Waals surface area contributed by atoms with E-state index in [9.17, 15) is 4.21 Å². The number of nitrogens with two attached hydrogens (primary N) is 1. The lowest BCUT2D eigenvalue weighted by molar-refractivity contribution is 0.686. The number of hydrogen-bond donors (Lipinski definition) is 2. The molecule has 2 aromatic rings. The van der Waals surface area contributed by atoms with E-state index in [4.69, 9.17) is 5.73 Å². The SMILES string of the molecule is CCc1cccc(C)c1NS(=O)c1ccc(N)cc1. The highest BCUT2D eigenvalue weighted by atomic mass is 32.2. The molecule has 0 aliphatic rings. The first kappa shape index (κ1) is 13.6. The predicted molar refractivity (Wildman–Crippen MR) is 81.4 cm³/mol. The molecule has 2 aromatic carbocycles. The van der Waals surface area contributed by atoms with Crippen LogP contribution in [0.15, 0.2) is 47.4 Å². The van der Waals surface area contributed by atoms with Crippen LogP contribution in [0.3, 0.4) is 0 Å². The van der Waals surface area contributed by atoms with E-state index in [0.717, 1.165) is 22.6 Å². The fraction of sp³-hybridized carbons (Fsp3) is 0.200. The van der Waals surface area contributed by atoms with Crippen LogP contribution in [0.25, 0.3) is 0 Å². The Labute approximate surface area is 116 Å². The molecule has 0 bridgehead atoms. The maximum Gasteiger partial charge on any atom is 0.150 e. The van der Waals surface area contributed by atoms with Gasteiger partial charge >= 0.3 is 0 Å². The molecule has 0 saturated carbocycles. The quantitative estimate of drug-likeness (QED) is 0.841. The Morgan fingerprint density at radius 2 is 1.84 bits per heavy atom. The van der Waals surface area contributed by atoms with Gasteiger partial charge in [0.1, 0.15) is 11.0 Å². The second kappa shape index (κ2) is 5.89. The van der Waals surface area contributed by atoms with Crippen molar-refractivity contribution in [2.24, 2.45) is 0 Å². The maximum atomic E-state index is 12.3. The highest BCUT2D eigenvalue weighted by Crippen LogP contribution is 2.23. The molecule has 0 aliphatic heterocycles. The van der Waals surface area contributed by atoms with Gasteiger partial charge in [-0.05, 0) is 48.7 Å². The Hall–Kier alpha value is -1.81. The molecule has 3 nitrogen and oxygen atoms in total. The van der Waals surface area contributed by atoms with Gasteiger partial charge in [-0.25, -0.2) is 4.21 Å². The minimum atomic E-state index is -1.27. The standard InChI is InChI=1S/C15H18N2OS/c1-3-12-6-4-5-11(2)15(12)17-19(18)14-9-7-13(16)8-10-14/h4-10,17H,3,16H2,1-2H3. The van der Waals surface area contributed by atoms with Crippen molar-refractivity contribution in [1.29, 1.82) is 0 Å². The van der Waals surface area contributed by atoms with E-state index in [1.165, 1.54) is 5.56 Å². The fourth-order valence-corrected chi connectivity index (χ4v) is 2.89. The molecule has 0 aliphatic carbocycles. The summed E-state index contributed by atoms with van der Waals surface area (Å²) in [5, 5.41) is 0. The summed E-state index contributed by atoms with van der Waals surface area (Å²) >= 11 is 0. The number of para-hydroxylation sites is 1. The first-order valence-corrected chi connectivity index (χ1v) is 7.39. The van der Waals surface area contributed by atoms with Gasteiger partial charge in [-0.3, -0.25) is 0 Å². The van der Waals surface area contributed by atoms with Crippen LogP contribution in [0.5, 0.6) is 0 Å². The van der Waals surface area contributed by atoms with Crippen molar-refractivity contribution in [3.8, 4) is 0 Å². The lowest BCUT2D eigenvalue weighted by atomic mass is 10.1. The molecule has 0 fully saturated rings. The van der Waals surface area contributed by atoms with Gasteiger partial charge in [0.15, 0.2) is 0 Å². The van der Waals surface area contributed by atoms with Crippen molar-refractivity contribution in [3.05, 3.63) is 53.6 Å². The number of anilines is 2. The molecule has 2 rings (SSSR count). The average Bonchev–Trinajstić information content (AvgIpc) is 2.41. The Bertz CT molecular complexity index is 594. The fourth-order valence-electron chi connectivity index (χ4n) is 1.91. The third kappa shape index (κ3) is 3.15. The molecule has 0 heterocycles. The largest absolute Gasteiger partial charge is 0.399 e. The van der Waals surface area contributed by atoms with Crippen LogP contribution >= 0.6 is 0 Å². The lowest BCUT2D eigenvalue weighted by Crippen LogP contribution is -2.08. The highest BCUT2D eigenvalue weighted by Gasteiger charge is 2.09. The maximum absolute atomic E-state index is 12.3. The predicted octanol–water partition coefficient (Wildman–Crippen LogP) is 3.27. The average molecular weight is 274 g/mol. The third-order valence-electron chi connectivity index (χ3n) is 3.03. The zero-order valence-corrected chi connectivity index (χ0v) is 12.0. The van der Waals surface area contributed by atoms with Gasteiger partial charge in [0.05, 0.1) is 10.6 Å². The second-order valence-electron chi connectivity index (χ2n) is 4.40. The summed E-state index contributed by atoms with van der Waals surface area (Å²) in [7, 11) is -1.27. The number of benzene rings is 2. The van der Waals surface area contributed by atoms with Crippen LogP contribution in [0, 0.1) is 6.92 Å². The van der Waals surface area contributed by atoms with Crippen LogP contribution in [-0.4, -0.2) is 4.21 Å². The van der Waals surface area contributed by atoms with Crippen molar-refractivity contribution < 1.29 is 4.21 Å². The number of rotatable bonds is 4. The zero-order chi connectivity index (χ0) is 13.8.